The summed E-state index contributed by atoms with van der Waals surface area (Å²) in [6, 6.07) is 12.5. The third-order valence-electron chi connectivity index (χ3n) is 7.16. The Morgan fingerprint density at radius 1 is 1.02 bits per heavy atom. The molecule has 2 aromatic heterocycles. The number of aryl methyl sites for hydroxylation is 1. The van der Waals surface area contributed by atoms with Crippen LogP contribution in [0, 0.1) is 12.8 Å². The fourth-order valence-corrected chi connectivity index (χ4v) is 5.49. The van der Waals surface area contributed by atoms with Crippen molar-refractivity contribution < 1.29 is 54.9 Å². The predicted molar refractivity (Wildman–Crippen MR) is 163 cm³/mol. The zero-order valence-corrected chi connectivity index (χ0v) is 27.5. The van der Waals surface area contributed by atoms with E-state index in [1.807, 2.05) is 11.6 Å². The van der Waals surface area contributed by atoms with E-state index in [4.69, 9.17) is 18.9 Å². The Hall–Kier alpha value is -5.20. The Kier molecular flexibility index (Phi) is 9.84. The van der Waals surface area contributed by atoms with Gasteiger partial charge in [-0.1, -0.05) is 43.7 Å². The fourth-order valence-electron chi connectivity index (χ4n) is 4.47. The summed E-state index contributed by atoms with van der Waals surface area (Å²) in [5.41, 5.74) is 0.549. The summed E-state index contributed by atoms with van der Waals surface area (Å²) in [4.78, 5) is 42.4. The number of sulfonamides is 1. The molecule has 19 heteroatoms. The maximum absolute atomic E-state index is 13.5. The van der Waals surface area contributed by atoms with Crippen LogP contribution in [0.5, 0.6) is 0 Å². The number of ether oxygens (including phenoxy) is 2. The second-order valence-electron chi connectivity index (χ2n) is 11.5. The smallest absolute Gasteiger partial charge is 0.435 e. The van der Waals surface area contributed by atoms with Crippen molar-refractivity contribution in [3.8, 4) is 16.9 Å². The average Bonchev–Trinajstić information content (AvgIpc) is 3.58. The second kappa shape index (κ2) is 13.7. The Labute approximate surface area is 277 Å². The summed E-state index contributed by atoms with van der Waals surface area (Å²) in [6.45, 7) is 7.20. The highest BCUT2D eigenvalue weighted by molar-refractivity contribution is 7.90. The first-order valence-electron chi connectivity index (χ1n) is 15.0. The van der Waals surface area contributed by atoms with Crippen LogP contribution in [0.15, 0.2) is 64.1 Å². The molecule has 1 aliphatic rings. The fraction of sp³-hybridized carbons (Fsp3) is 0.400. The number of nitrogens with one attached hydrogen (secondary N) is 1. The zero-order valence-electron chi connectivity index (χ0n) is 26.7. The highest BCUT2D eigenvalue weighted by Crippen LogP contribution is 2.33. The molecule has 49 heavy (non-hydrogen) atoms. The Bertz CT molecular complexity index is 1900. The molecule has 1 aliphatic heterocycles. The molecule has 15 nitrogen and oxygen atoms in total. The molecule has 0 bridgehead atoms. The van der Waals surface area contributed by atoms with Crippen molar-refractivity contribution >= 4 is 27.9 Å². The Morgan fingerprint density at radius 2 is 1.67 bits per heavy atom. The maximum Gasteiger partial charge on any atom is 0.435 e. The highest BCUT2D eigenvalue weighted by atomic mass is 32.2. The number of aromatic nitrogens is 4. The molecule has 3 heterocycles. The normalized spacial score (nSPS) is 14.4. The minimum atomic E-state index is -4.71. The number of carbonyl (C=O) groups is 3. The molecule has 1 unspecified atom stereocenters. The molecule has 0 saturated carbocycles. The van der Waals surface area contributed by atoms with Gasteiger partial charge in [0.15, 0.2) is 5.69 Å². The van der Waals surface area contributed by atoms with Crippen LogP contribution < -0.4 is 14.6 Å². The number of esters is 2. The summed E-state index contributed by atoms with van der Waals surface area (Å²) < 4.78 is 84.6. The second-order valence-corrected chi connectivity index (χ2v) is 13.2. The van der Waals surface area contributed by atoms with Crippen LogP contribution in [-0.4, -0.2) is 71.5 Å². The number of hydrogen-bond acceptors (Lipinski definition) is 11. The van der Waals surface area contributed by atoms with Crippen molar-refractivity contribution in [1.82, 2.24) is 24.5 Å². The molecule has 1 saturated heterocycles. The third-order valence-corrected chi connectivity index (χ3v) is 8.55. The topological polar surface area (TPSA) is 169 Å². The van der Waals surface area contributed by atoms with Crippen LogP contribution in [0.1, 0.15) is 44.9 Å². The first-order valence-corrected chi connectivity index (χ1v) is 16.5. The summed E-state index contributed by atoms with van der Waals surface area (Å²) in [7, 11) is -4.37. The maximum atomic E-state index is 13.5. The minimum absolute atomic E-state index is 0.142. The van der Waals surface area contributed by atoms with E-state index in [9.17, 15) is 36.0 Å². The lowest BCUT2D eigenvalue weighted by Gasteiger charge is -2.34. The molecule has 5 rings (SSSR count). The molecule has 4 aromatic rings. The standard InChI is InChI=1S/C30H33F3N6O9S/c1-18(2)29(42)45-20(4)47-39-38(48-39)36-16-23(17-36)46-28(41)14-13-27(40)35-49(43,44)24-11-9-22(10-12-24)37-25(15-26(34-37)30(31,32)33)21-7-5-19(3)6-8-21/h5-12,15,18,20,23H,13-14,16-17H2,1-4H3,(H,35,40). The van der Waals surface area contributed by atoms with E-state index in [-0.39, 0.29) is 35.3 Å². The van der Waals surface area contributed by atoms with E-state index in [1.54, 1.807) is 43.1 Å². The summed E-state index contributed by atoms with van der Waals surface area (Å²) in [6.07, 6.45) is -7.01. The number of halogens is 3. The average molecular weight is 711 g/mol. The van der Waals surface area contributed by atoms with Gasteiger partial charge in [-0.05, 0) is 37.3 Å². The number of amides is 1. The van der Waals surface area contributed by atoms with Gasteiger partial charge < -0.3 is 14.3 Å². The molecule has 1 fully saturated rings. The van der Waals surface area contributed by atoms with Gasteiger partial charge in [0.25, 0.3) is 16.3 Å². The van der Waals surface area contributed by atoms with Gasteiger partial charge in [0.05, 0.1) is 46.7 Å². The van der Waals surface area contributed by atoms with Gasteiger partial charge in [0, 0.05) is 18.9 Å². The lowest BCUT2D eigenvalue weighted by atomic mass is 10.1. The molecule has 1 N–H and O–H groups in total. The lowest BCUT2D eigenvalue weighted by molar-refractivity contribution is -0.184. The molecule has 1 atom stereocenters. The number of hydrogen-bond donors (Lipinski definition) is 1. The van der Waals surface area contributed by atoms with Gasteiger partial charge in [-0.3, -0.25) is 19.4 Å². The van der Waals surface area contributed by atoms with E-state index in [2.05, 4.69) is 5.10 Å². The van der Waals surface area contributed by atoms with Gasteiger partial charge >= 0.3 is 18.1 Å². The van der Waals surface area contributed by atoms with Crippen molar-refractivity contribution in [1.29, 1.82) is 0 Å². The molecule has 1 amide bonds. The molecular weight excluding hydrogens is 677 g/mol. The number of rotatable bonds is 13. The first-order chi connectivity index (χ1) is 23.0. The highest BCUT2D eigenvalue weighted by Gasteiger charge is 2.37. The Balaban J connectivity index is 1.10. The molecule has 2 aromatic carbocycles. The van der Waals surface area contributed by atoms with Crippen molar-refractivity contribution in [2.24, 2.45) is 5.92 Å². The zero-order chi connectivity index (χ0) is 35.7. The van der Waals surface area contributed by atoms with E-state index in [0.29, 0.717) is 5.56 Å². The van der Waals surface area contributed by atoms with Crippen LogP contribution >= 0.6 is 0 Å². The van der Waals surface area contributed by atoms with Gasteiger partial charge in [-0.25, -0.2) is 17.8 Å². The molecule has 264 valence electrons. The number of nitrogens with zero attached hydrogens (tertiary/aromatic N) is 5. The number of benzene rings is 2. The van der Waals surface area contributed by atoms with Crippen LogP contribution in [-0.2, 0) is 40.1 Å². The van der Waals surface area contributed by atoms with Crippen LogP contribution in [0.2, 0.25) is 0 Å². The summed E-state index contributed by atoms with van der Waals surface area (Å²) in [5.74, 6) is -2.45. The molecule has 0 aliphatic carbocycles. The summed E-state index contributed by atoms with van der Waals surface area (Å²) >= 11 is 0. The van der Waals surface area contributed by atoms with Crippen molar-refractivity contribution in [3.63, 3.8) is 0 Å². The van der Waals surface area contributed by atoms with Gasteiger partial charge in [0.2, 0.25) is 5.91 Å². The SMILES string of the molecule is Cc1ccc(-c2cc(C(F)(F)F)nn2-c2ccc(S(=O)(=O)NC(=O)CCC(=O)OC3CN(n4on4OC(C)OC(=O)C(C)C)C3)cc2)cc1. The van der Waals surface area contributed by atoms with Crippen molar-refractivity contribution in [2.75, 3.05) is 18.1 Å². The number of alkyl halides is 3. The van der Waals surface area contributed by atoms with Crippen LogP contribution in [0.25, 0.3) is 16.9 Å². The predicted octanol–water partition coefficient (Wildman–Crippen LogP) is 3.19. The van der Waals surface area contributed by atoms with E-state index in [0.717, 1.165) is 33.5 Å². The van der Waals surface area contributed by atoms with Crippen LogP contribution in [0.3, 0.4) is 0 Å². The van der Waals surface area contributed by atoms with E-state index in [1.165, 1.54) is 24.0 Å². The molecular formula is C30H33F3N6O9S. The van der Waals surface area contributed by atoms with Gasteiger partial charge in [-0.2, -0.15) is 22.9 Å². The van der Waals surface area contributed by atoms with Gasteiger partial charge in [-0.15, -0.1) is 0 Å². The van der Waals surface area contributed by atoms with E-state index < -0.39 is 65.0 Å². The quantitative estimate of drug-likeness (QED) is 0.160. The molecule has 0 radical (unpaired) electrons. The lowest BCUT2D eigenvalue weighted by Crippen LogP contribution is -2.57. The van der Waals surface area contributed by atoms with Gasteiger partial charge in [0.1, 0.15) is 11.1 Å². The minimum Gasteiger partial charge on any atom is -0.458 e. The van der Waals surface area contributed by atoms with Crippen molar-refractivity contribution in [2.45, 2.75) is 64.0 Å². The Morgan fingerprint density at radius 3 is 2.29 bits per heavy atom. The van der Waals surface area contributed by atoms with E-state index >= 15 is 0 Å². The largest absolute Gasteiger partial charge is 0.458 e. The number of carbonyl (C=O) groups excluding carboxylic acids is 3. The monoisotopic (exact) mass is 710 g/mol. The first kappa shape index (κ1) is 35.1. The van der Waals surface area contributed by atoms with Crippen molar-refractivity contribution in [3.05, 3.63) is 65.9 Å². The third kappa shape index (κ3) is 8.64. The van der Waals surface area contributed by atoms with Crippen LogP contribution in [0.4, 0.5) is 13.2 Å². The molecule has 0 spiro atoms. The summed E-state index contributed by atoms with van der Waals surface area (Å²) in [5, 5.41) is 6.30.